The van der Waals surface area contributed by atoms with Gasteiger partial charge in [-0.25, -0.2) is 9.78 Å². The molecule has 0 spiro atoms. The van der Waals surface area contributed by atoms with Crippen molar-refractivity contribution in [1.82, 2.24) is 20.6 Å². The first kappa shape index (κ1) is 14.2. The minimum Gasteiger partial charge on any atom is -0.392 e. The highest BCUT2D eigenvalue weighted by Crippen LogP contribution is 2.33. The third-order valence-electron chi connectivity index (χ3n) is 3.74. The predicted molar refractivity (Wildman–Crippen MR) is 78.2 cm³/mol. The van der Waals surface area contributed by atoms with E-state index < -0.39 is 0 Å². The van der Waals surface area contributed by atoms with Crippen LogP contribution < -0.4 is 15.4 Å². The van der Waals surface area contributed by atoms with Gasteiger partial charge in [0.1, 0.15) is 0 Å². The Hall–Kier alpha value is -1.70. The van der Waals surface area contributed by atoms with Crippen molar-refractivity contribution in [3.8, 4) is 6.01 Å². The van der Waals surface area contributed by atoms with Gasteiger partial charge < -0.3 is 20.4 Å². The Bertz CT molecular complexity index is 508. The van der Waals surface area contributed by atoms with Crippen LogP contribution in [0.4, 0.5) is 4.79 Å². The second-order valence-corrected chi connectivity index (χ2v) is 6.51. The number of nitrogens with zero attached hydrogens (tertiary/aromatic N) is 1. The Kier molecular flexibility index (Phi) is 4.33. The molecular formula is C13H18N4O3S. The van der Waals surface area contributed by atoms with Crippen LogP contribution in [0.2, 0.25) is 0 Å². The number of amides is 2. The summed E-state index contributed by atoms with van der Waals surface area (Å²) in [6, 6.07) is 0.681. The molecule has 21 heavy (non-hydrogen) atoms. The van der Waals surface area contributed by atoms with Gasteiger partial charge in [-0.05, 0) is 12.8 Å². The molecule has 0 saturated carbocycles. The number of hydrogen-bond acceptors (Lipinski definition) is 5. The van der Waals surface area contributed by atoms with E-state index in [1.807, 2.05) is 11.8 Å². The minimum absolute atomic E-state index is 0.0580. The van der Waals surface area contributed by atoms with E-state index >= 15 is 0 Å². The molecule has 0 radical (unpaired) electrons. The van der Waals surface area contributed by atoms with Gasteiger partial charge in [-0.15, -0.1) is 0 Å². The van der Waals surface area contributed by atoms with Crippen molar-refractivity contribution < 1.29 is 14.3 Å². The highest BCUT2D eigenvalue weighted by atomic mass is 32.2. The third kappa shape index (κ3) is 3.49. The number of ether oxygens (including phenoxy) is 1. The largest absolute Gasteiger partial charge is 0.392 e. The average Bonchev–Trinajstić information content (AvgIpc) is 3.13. The maximum Gasteiger partial charge on any atom is 0.315 e. The molecule has 7 nitrogen and oxygen atoms in total. The first-order valence-electron chi connectivity index (χ1n) is 7.11. The van der Waals surface area contributed by atoms with Crippen LogP contribution in [0.5, 0.6) is 6.01 Å². The Morgan fingerprint density at radius 3 is 3.14 bits per heavy atom. The van der Waals surface area contributed by atoms with Crippen molar-refractivity contribution in [2.24, 2.45) is 0 Å². The molecule has 1 aromatic rings. The quantitative estimate of drug-likeness (QED) is 0.414. The summed E-state index contributed by atoms with van der Waals surface area (Å²) in [5.41, 5.74) is 0. The van der Waals surface area contributed by atoms with Gasteiger partial charge >= 0.3 is 18.0 Å². The van der Waals surface area contributed by atoms with Crippen LogP contribution in [-0.4, -0.2) is 45.1 Å². The normalized spacial score (nSPS) is 27.0. The summed E-state index contributed by atoms with van der Waals surface area (Å²) in [5, 5.41) is 6.33. The van der Waals surface area contributed by atoms with Gasteiger partial charge in [-0.1, -0.05) is 6.42 Å². The highest BCUT2D eigenvalue weighted by molar-refractivity contribution is 8.00. The van der Waals surface area contributed by atoms with E-state index in [1.54, 1.807) is 12.4 Å². The van der Waals surface area contributed by atoms with E-state index in [0.717, 1.165) is 25.0 Å². The summed E-state index contributed by atoms with van der Waals surface area (Å²) in [4.78, 5) is 29.4. The number of carbonyl (C=O) groups excluding carboxylic acids is 2. The predicted octanol–water partition coefficient (Wildman–Crippen LogP) is 1.04. The summed E-state index contributed by atoms with van der Waals surface area (Å²) in [5.74, 6) is 0.701. The van der Waals surface area contributed by atoms with Crippen molar-refractivity contribution in [2.45, 2.75) is 43.0 Å². The number of aromatic nitrogens is 2. The molecule has 2 fully saturated rings. The number of H-pyrrole nitrogens is 1. The van der Waals surface area contributed by atoms with Gasteiger partial charge in [0.15, 0.2) is 0 Å². The van der Waals surface area contributed by atoms with Crippen molar-refractivity contribution in [1.29, 1.82) is 0 Å². The summed E-state index contributed by atoms with van der Waals surface area (Å²) in [6.07, 6.45) is 6.28. The summed E-state index contributed by atoms with van der Waals surface area (Å²) in [7, 11) is 0. The first-order chi connectivity index (χ1) is 10.2. The molecule has 0 aliphatic carbocycles. The fraction of sp³-hybridized carbons (Fsp3) is 0.615. The van der Waals surface area contributed by atoms with Crippen LogP contribution in [0, 0.1) is 0 Å². The molecule has 0 bridgehead atoms. The van der Waals surface area contributed by atoms with Crippen LogP contribution in [0.1, 0.15) is 25.7 Å². The SMILES string of the molecule is O=C1N[C@H]2[C@H](CS[C@H]2CCCCC(=O)Oc2ncc[nH]2)N1. The number of imidazole rings is 1. The third-order valence-corrected chi connectivity index (χ3v) is 5.25. The van der Waals surface area contributed by atoms with E-state index in [9.17, 15) is 9.59 Å². The first-order valence-corrected chi connectivity index (χ1v) is 8.16. The topological polar surface area (TPSA) is 96.1 Å². The fourth-order valence-electron chi connectivity index (χ4n) is 2.72. The molecule has 114 valence electrons. The molecule has 3 atom stereocenters. The molecule has 1 aromatic heterocycles. The summed E-state index contributed by atoms with van der Waals surface area (Å²) >= 11 is 1.89. The Labute approximate surface area is 126 Å². The number of esters is 1. The van der Waals surface area contributed by atoms with Crippen molar-refractivity contribution in [2.75, 3.05) is 5.75 Å². The van der Waals surface area contributed by atoms with Crippen LogP contribution in [0.3, 0.4) is 0 Å². The zero-order valence-corrected chi connectivity index (χ0v) is 12.3. The molecule has 8 heteroatoms. The molecule has 2 aliphatic rings. The van der Waals surface area contributed by atoms with E-state index in [-0.39, 0.29) is 30.1 Å². The molecule has 2 amide bonds. The van der Waals surface area contributed by atoms with Crippen LogP contribution >= 0.6 is 11.8 Å². The minimum atomic E-state index is -0.266. The lowest BCUT2D eigenvalue weighted by atomic mass is 10.0. The van der Waals surface area contributed by atoms with Crippen molar-refractivity contribution in [3.63, 3.8) is 0 Å². The van der Waals surface area contributed by atoms with Gasteiger partial charge in [-0.3, -0.25) is 4.79 Å². The van der Waals surface area contributed by atoms with Crippen LogP contribution in [0.25, 0.3) is 0 Å². The highest BCUT2D eigenvalue weighted by Gasteiger charge is 2.42. The molecular weight excluding hydrogens is 292 g/mol. The van der Waals surface area contributed by atoms with Crippen LogP contribution in [0.15, 0.2) is 12.4 Å². The zero-order valence-electron chi connectivity index (χ0n) is 11.5. The molecule has 0 aromatic carbocycles. The molecule has 3 heterocycles. The van der Waals surface area contributed by atoms with Crippen molar-refractivity contribution in [3.05, 3.63) is 12.4 Å². The number of aromatic amines is 1. The van der Waals surface area contributed by atoms with Crippen LogP contribution in [-0.2, 0) is 4.79 Å². The van der Waals surface area contributed by atoms with E-state index in [4.69, 9.17) is 4.74 Å². The number of carbonyl (C=O) groups is 2. The Morgan fingerprint density at radius 1 is 1.43 bits per heavy atom. The number of thioether (sulfide) groups is 1. The second kappa shape index (κ2) is 6.38. The summed E-state index contributed by atoms with van der Waals surface area (Å²) in [6.45, 7) is 0. The second-order valence-electron chi connectivity index (χ2n) is 5.24. The monoisotopic (exact) mass is 310 g/mol. The van der Waals surface area contributed by atoms with Gasteiger partial charge in [0.05, 0.1) is 12.1 Å². The lowest BCUT2D eigenvalue weighted by molar-refractivity contribution is -0.135. The number of urea groups is 1. The molecule has 0 unspecified atom stereocenters. The summed E-state index contributed by atoms with van der Waals surface area (Å²) < 4.78 is 5.03. The lowest BCUT2D eigenvalue weighted by Gasteiger charge is -2.16. The number of unbranched alkanes of at least 4 members (excludes halogenated alkanes) is 1. The van der Waals surface area contributed by atoms with Gasteiger partial charge in [0.25, 0.3) is 0 Å². The molecule has 2 aliphatic heterocycles. The van der Waals surface area contributed by atoms with Crippen molar-refractivity contribution >= 4 is 23.8 Å². The van der Waals surface area contributed by atoms with E-state index in [2.05, 4.69) is 20.6 Å². The van der Waals surface area contributed by atoms with Gasteiger partial charge in [0, 0.05) is 29.8 Å². The van der Waals surface area contributed by atoms with Gasteiger partial charge in [0.2, 0.25) is 0 Å². The van der Waals surface area contributed by atoms with Gasteiger partial charge in [-0.2, -0.15) is 11.8 Å². The zero-order chi connectivity index (χ0) is 14.7. The fourth-order valence-corrected chi connectivity index (χ4v) is 4.27. The molecule has 3 N–H and O–H groups in total. The lowest BCUT2D eigenvalue weighted by Crippen LogP contribution is -2.36. The standard InChI is InChI=1S/C13H18N4O3S/c18-10(20-13-14-5-6-15-13)4-2-1-3-9-11-8(7-21-9)16-12(19)17-11/h5-6,8-9,11H,1-4,7H2,(H,14,15)(H2,16,17,19)/t8-,9-,11-/m0/s1. The maximum atomic E-state index is 11.6. The van der Waals surface area contributed by atoms with E-state index in [0.29, 0.717) is 11.7 Å². The van der Waals surface area contributed by atoms with E-state index in [1.165, 1.54) is 0 Å². The Morgan fingerprint density at radius 2 is 2.33 bits per heavy atom. The smallest absolute Gasteiger partial charge is 0.315 e. The molecule has 2 saturated heterocycles. The number of hydrogen-bond donors (Lipinski definition) is 3. The Balaban J connectivity index is 1.33. The number of nitrogens with one attached hydrogen (secondary N) is 3. The maximum absolute atomic E-state index is 11.6. The molecule has 3 rings (SSSR count). The number of rotatable bonds is 6. The number of fused-ring (bicyclic) bond motifs is 1. The average molecular weight is 310 g/mol.